The third-order valence-electron chi connectivity index (χ3n) is 3.75. The molecule has 1 fully saturated rings. The summed E-state index contributed by atoms with van der Waals surface area (Å²) in [5.41, 5.74) is 0. The third-order valence-corrected chi connectivity index (χ3v) is 3.75. The Morgan fingerprint density at radius 1 is 1.00 bits per heavy atom. The molecule has 172 valence electrons. The lowest BCUT2D eigenvalue weighted by Crippen LogP contribution is -2.61. The van der Waals surface area contributed by atoms with Gasteiger partial charge in [0.15, 0.2) is 18.5 Å². The number of hydroxylamine groups is 4. The molecule has 0 saturated carbocycles. The van der Waals surface area contributed by atoms with Crippen LogP contribution >= 0.6 is 0 Å². The molecule has 15 nitrogen and oxygen atoms in total. The van der Waals surface area contributed by atoms with E-state index in [1.54, 1.807) is 0 Å². The van der Waals surface area contributed by atoms with Crippen molar-refractivity contribution in [2.45, 2.75) is 43.5 Å². The second-order valence-electron chi connectivity index (χ2n) is 5.95. The number of hydrogen-bond acceptors (Lipinski definition) is 15. The van der Waals surface area contributed by atoms with Crippen LogP contribution in [-0.4, -0.2) is 99.4 Å². The highest BCUT2D eigenvalue weighted by molar-refractivity contribution is 5.81. The SMILES string of the molecule is C=CC(=O)OC1C(O)OC(COC(=O)CCN([O-])O)C(O)C1OC(=O)CCN([O-])O. The van der Waals surface area contributed by atoms with Crippen LogP contribution in [-0.2, 0) is 33.3 Å². The standard InChI is InChI=1S/C15H22N2O13/c1-2-9(18)29-14-13(30-11(20)4-6-17(25)26)12(21)8(28-15(14)22)7-27-10(19)3-5-16(23)24/h2,8,12-15,21-23,25H,1,3-7H2/q-2. The van der Waals surface area contributed by atoms with Gasteiger partial charge in [0.1, 0.15) is 18.8 Å². The molecule has 1 aliphatic rings. The van der Waals surface area contributed by atoms with E-state index in [1.807, 2.05) is 0 Å². The van der Waals surface area contributed by atoms with E-state index in [9.17, 15) is 35.0 Å². The molecule has 1 aliphatic heterocycles. The van der Waals surface area contributed by atoms with Crippen molar-refractivity contribution in [2.24, 2.45) is 0 Å². The van der Waals surface area contributed by atoms with Crippen molar-refractivity contribution in [3.05, 3.63) is 23.1 Å². The van der Waals surface area contributed by atoms with E-state index in [1.165, 1.54) is 0 Å². The van der Waals surface area contributed by atoms with Gasteiger partial charge in [-0.25, -0.2) is 4.79 Å². The number of ether oxygens (including phenoxy) is 4. The van der Waals surface area contributed by atoms with E-state index in [0.717, 1.165) is 6.08 Å². The predicted molar refractivity (Wildman–Crippen MR) is 90.8 cm³/mol. The van der Waals surface area contributed by atoms with Crippen LogP contribution in [0.4, 0.5) is 0 Å². The number of carbonyl (C=O) groups is 3. The average molecular weight is 438 g/mol. The normalized spacial score (nSPS) is 26.3. The first kappa shape index (κ1) is 25.8. The van der Waals surface area contributed by atoms with Gasteiger partial charge < -0.3 is 50.0 Å². The van der Waals surface area contributed by atoms with E-state index >= 15 is 0 Å². The summed E-state index contributed by atoms with van der Waals surface area (Å²) >= 11 is 0. The highest BCUT2D eigenvalue weighted by Crippen LogP contribution is 2.26. The molecule has 0 aromatic carbocycles. The lowest BCUT2D eigenvalue weighted by molar-refractivity contribution is -0.293. The Morgan fingerprint density at radius 2 is 1.57 bits per heavy atom. The van der Waals surface area contributed by atoms with E-state index < -0.39 is 91.6 Å². The number of esters is 3. The van der Waals surface area contributed by atoms with Crippen molar-refractivity contribution in [3.63, 3.8) is 0 Å². The van der Waals surface area contributed by atoms with Crippen LogP contribution in [0.15, 0.2) is 12.7 Å². The van der Waals surface area contributed by atoms with Crippen LogP contribution < -0.4 is 0 Å². The third kappa shape index (κ3) is 8.66. The zero-order valence-corrected chi connectivity index (χ0v) is 15.6. The molecule has 0 radical (unpaired) electrons. The molecule has 15 heteroatoms. The summed E-state index contributed by atoms with van der Waals surface area (Å²) < 4.78 is 19.6. The van der Waals surface area contributed by atoms with Gasteiger partial charge in [0.25, 0.3) is 0 Å². The maximum Gasteiger partial charge on any atom is 0.330 e. The van der Waals surface area contributed by atoms with Gasteiger partial charge in [0.2, 0.25) is 0 Å². The van der Waals surface area contributed by atoms with Gasteiger partial charge in [-0.3, -0.25) is 20.0 Å². The summed E-state index contributed by atoms with van der Waals surface area (Å²) in [7, 11) is 0. The van der Waals surface area contributed by atoms with Crippen LogP contribution in [0, 0.1) is 10.4 Å². The molecule has 1 rings (SSSR count). The van der Waals surface area contributed by atoms with Crippen molar-refractivity contribution in [3.8, 4) is 0 Å². The van der Waals surface area contributed by atoms with Crippen LogP contribution in [0.2, 0.25) is 0 Å². The molecule has 5 unspecified atom stereocenters. The Morgan fingerprint density at radius 3 is 2.10 bits per heavy atom. The van der Waals surface area contributed by atoms with Crippen LogP contribution in [0.25, 0.3) is 0 Å². The first-order valence-corrected chi connectivity index (χ1v) is 8.52. The summed E-state index contributed by atoms with van der Waals surface area (Å²) in [5, 5.41) is 57.3. The Kier molecular flexibility index (Phi) is 10.7. The Bertz CT molecular complexity index is 599. The molecule has 1 saturated heterocycles. The van der Waals surface area contributed by atoms with Crippen LogP contribution in [0.5, 0.6) is 0 Å². The summed E-state index contributed by atoms with van der Waals surface area (Å²) in [6.45, 7) is 1.29. The number of rotatable bonds is 11. The fourth-order valence-corrected chi connectivity index (χ4v) is 2.32. The van der Waals surface area contributed by atoms with Crippen LogP contribution in [0.3, 0.4) is 0 Å². The topological polar surface area (TPSA) is 222 Å². The Balaban J connectivity index is 2.83. The molecule has 0 bridgehead atoms. The Labute approximate surface area is 169 Å². The van der Waals surface area contributed by atoms with Crippen molar-refractivity contribution < 1.29 is 54.0 Å². The highest BCUT2D eigenvalue weighted by Gasteiger charge is 2.49. The van der Waals surface area contributed by atoms with Gasteiger partial charge in [-0.15, -0.1) is 0 Å². The van der Waals surface area contributed by atoms with Gasteiger partial charge in [-0.05, 0) is 0 Å². The molecular weight excluding hydrogens is 416 g/mol. The Hall–Kier alpha value is -2.21. The van der Waals surface area contributed by atoms with Crippen molar-refractivity contribution in [1.29, 1.82) is 0 Å². The smallest absolute Gasteiger partial charge is 0.330 e. The molecule has 4 N–H and O–H groups in total. The summed E-state index contributed by atoms with van der Waals surface area (Å²) in [5.74, 6) is -3.06. The molecular formula is C15H22N2O13-2. The van der Waals surface area contributed by atoms with Crippen LogP contribution in [0.1, 0.15) is 12.8 Å². The highest BCUT2D eigenvalue weighted by atomic mass is 16.8. The maximum absolute atomic E-state index is 11.9. The number of carbonyl (C=O) groups excluding carboxylic acids is 3. The molecule has 0 spiro atoms. The molecule has 1 heterocycles. The minimum atomic E-state index is -1.91. The first-order valence-electron chi connectivity index (χ1n) is 8.52. The molecule has 5 atom stereocenters. The summed E-state index contributed by atoms with van der Waals surface area (Å²) in [6, 6.07) is 0. The molecule has 30 heavy (non-hydrogen) atoms. The molecule has 0 aromatic heterocycles. The predicted octanol–water partition coefficient (Wildman–Crippen LogP) is -2.22. The minimum absolute atomic E-state index is 0.486. The van der Waals surface area contributed by atoms with E-state index in [2.05, 4.69) is 6.58 Å². The van der Waals surface area contributed by atoms with E-state index in [4.69, 9.17) is 29.4 Å². The molecule has 0 aliphatic carbocycles. The fraction of sp³-hybridized carbons (Fsp3) is 0.667. The van der Waals surface area contributed by atoms with Gasteiger partial charge >= 0.3 is 17.9 Å². The largest absolute Gasteiger partial charge is 0.762 e. The van der Waals surface area contributed by atoms with E-state index in [0.29, 0.717) is 0 Å². The zero-order chi connectivity index (χ0) is 22.8. The van der Waals surface area contributed by atoms with Crippen molar-refractivity contribution >= 4 is 17.9 Å². The lowest BCUT2D eigenvalue weighted by atomic mass is 9.98. The lowest BCUT2D eigenvalue weighted by Gasteiger charge is -2.41. The summed E-state index contributed by atoms with van der Waals surface area (Å²) in [4.78, 5) is 34.8. The number of hydrogen-bond donors (Lipinski definition) is 4. The average Bonchev–Trinajstić information content (AvgIpc) is 2.68. The number of nitrogens with zero attached hydrogens (tertiary/aromatic N) is 2. The molecule has 0 amide bonds. The fourth-order valence-electron chi connectivity index (χ4n) is 2.32. The van der Waals surface area contributed by atoms with Gasteiger partial charge in [-0.2, -0.15) is 0 Å². The quantitative estimate of drug-likeness (QED) is 0.116. The van der Waals surface area contributed by atoms with Gasteiger partial charge in [0, 0.05) is 19.2 Å². The number of aliphatic hydroxyl groups is 2. The second kappa shape index (κ2) is 12.5. The second-order valence-corrected chi connectivity index (χ2v) is 5.95. The van der Waals surface area contributed by atoms with Crippen molar-refractivity contribution in [2.75, 3.05) is 19.7 Å². The monoisotopic (exact) mass is 438 g/mol. The summed E-state index contributed by atoms with van der Waals surface area (Å²) in [6.07, 6.45) is -8.85. The minimum Gasteiger partial charge on any atom is -0.762 e. The van der Waals surface area contributed by atoms with Gasteiger partial charge in [-0.1, -0.05) is 6.58 Å². The van der Waals surface area contributed by atoms with Gasteiger partial charge in [0.05, 0.1) is 12.8 Å². The van der Waals surface area contributed by atoms with E-state index in [-0.39, 0.29) is 0 Å². The number of aliphatic hydroxyl groups excluding tert-OH is 2. The molecule has 0 aromatic rings. The zero-order valence-electron chi connectivity index (χ0n) is 15.6. The van der Waals surface area contributed by atoms with Crippen molar-refractivity contribution in [1.82, 2.24) is 10.5 Å². The first-order chi connectivity index (χ1) is 14.0. The maximum atomic E-state index is 11.9.